The summed E-state index contributed by atoms with van der Waals surface area (Å²) in [4.78, 5) is 25.9. The number of sulfonamides is 1. The maximum atomic E-state index is 12.4. The van der Waals surface area contributed by atoms with Crippen molar-refractivity contribution in [3.05, 3.63) is 29.8 Å². The number of nitrogens with one attached hydrogen (secondary N) is 1. The van der Waals surface area contributed by atoms with Crippen LogP contribution in [0.3, 0.4) is 0 Å². The zero-order valence-corrected chi connectivity index (χ0v) is 15.0. The molecule has 1 aromatic carbocycles. The molecule has 1 heterocycles. The molecule has 0 saturated carbocycles. The van der Waals surface area contributed by atoms with E-state index in [0.717, 1.165) is 6.26 Å². The second-order valence-electron chi connectivity index (χ2n) is 6.23. The van der Waals surface area contributed by atoms with Crippen molar-refractivity contribution in [2.45, 2.75) is 12.8 Å². The van der Waals surface area contributed by atoms with Crippen LogP contribution in [-0.4, -0.2) is 62.9 Å². The Morgan fingerprint density at radius 2 is 2.00 bits per heavy atom. The van der Waals surface area contributed by atoms with E-state index < -0.39 is 10.0 Å². The molecule has 1 aliphatic heterocycles. The molecule has 1 N–H and O–H groups in total. The van der Waals surface area contributed by atoms with Gasteiger partial charge in [0.25, 0.3) is 5.91 Å². The van der Waals surface area contributed by atoms with Gasteiger partial charge in [0, 0.05) is 38.4 Å². The first-order valence-electron chi connectivity index (χ1n) is 7.76. The van der Waals surface area contributed by atoms with Gasteiger partial charge >= 0.3 is 0 Å². The minimum absolute atomic E-state index is 0.146. The van der Waals surface area contributed by atoms with Crippen molar-refractivity contribution >= 4 is 27.5 Å². The third-order valence-electron chi connectivity index (χ3n) is 4.01. The van der Waals surface area contributed by atoms with E-state index in [2.05, 4.69) is 5.32 Å². The number of benzene rings is 1. The molecule has 2 rings (SSSR count). The van der Waals surface area contributed by atoms with Gasteiger partial charge in [0.05, 0.1) is 12.2 Å². The van der Waals surface area contributed by atoms with Crippen LogP contribution in [0.2, 0.25) is 0 Å². The molecule has 1 aromatic rings. The third-order valence-corrected chi connectivity index (χ3v) is 5.28. The molecule has 1 atom stereocenters. The molecule has 0 spiro atoms. The largest absolute Gasteiger partial charge is 0.345 e. The molecule has 0 bridgehead atoms. The zero-order valence-electron chi connectivity index (χ0n) is 14.2. The second kappa shape index (κ2) is 7.31. The number of hydrogen-bond acceptors (Lipinski definition) is 4. The van der Waals surface area contributed by atoms with Gasteiger partial charge in [0.1, 0.15) is 0 Å². The number of rotatable bonds is 4. The summed E-state index contributed by atoms with van der Waals surface area (Å²) < 4.78 is 24.6. The molecule has 0 aromatic heterocycles. The van der Waals surface area contributed by atoms with Crippen molar-refractivity contribution in [2.75, 3.05) is 38.8 Å². The molecule has 0 radical (unpaired) electrons. The number of anilines is 1. The predicted octanol–water partition coefficient (Wildman–Crippen LogP) is 0.999. The first-order valence-corrected chi connectivity index (χ1v) is 9.61. The van der Waals surface area contributed by atoms with E-state index in [1.165, 1.54) is 9.21 Å². The van der Waals surface area contributed by atoms with E-state index in [0.29, 0.717) is 30.6 Å². The lowest BCUT2D eigenvalue weighted by molar-refractivity contribution is -0.120. The van der Waals surface area contributed by atoms with Gasteiger partial charge in [-0.05, 0) is 31.0 Å². The normalized spacial score (nSPS) is 18.9. The minimum atomic E-state index is -3.29. The van der Waals surface area contributed by atoms with Gasteiger partial charge in [-0.2, -0.15) is 0 Å². The number of nitrogens with zero attached hydrogens (tertiary/aromatic N) is 2. The Morgan fingerprint density at radius 3 is 2.62 bits per heavy atom. The van der Waals surface area contributed by atoms with Crippen molar-refractivity contribution in [1.82, 2.24) is 9.21 Å². The van der Waals surface area contributed by atoms with E-state index in [4.69, 9.17) is 0 Å². The molecule has 7 nitrogen and oxygen atoms in total. The standard InChI is InChI=1S/C16H23N3O4S/c1-18(2)16(21)12-6-4-8-14(10-12)17-15(20)13-7-5-9-19(11-13)24(3,22)23/h4,6,8,10,13H,5,7,9,11H2,1-3H3,(H,17,20). The Labute approximate surface area is 142 Å². The van der Waals surface area contributed by atoms with Crippen molar-refractivity contribution in [3.63, 3.8) is 0 Å². The van der Waals surface area contributed by atoms with Crippen molar-refractivity contribution in [1.29, 1.82) is 0 Å². The SMILES string of the molecule is CN(C)C(=O)c1cccc(NC(=O)C2CCCN(S(C)(=O)=O)C2)c1. The topological polar surface area (TPSA) is 86.8 Å². The number of carbonyl (C=O) groups is 2. The maximum absolute atomic E-state index is 12.4. The molecule has 1 aliphatic rings. The summed E-state index contributed by atoms with van der Waals surface area (Å²) >= 11 is 0. The zero-order chi connectivity index (χ0) is 17.9. The number of carbonyl (C=O) groups excluding carboxylic acids is 2. The summed E-state index contributed by atoms with van der Waals surface area (Å²) in [6.45, 7) is 0.649. The van der Waals surface area contributed by atoms with Gasteiger partial charge in [0.15, 0.2) is 0 Å². The first kappa shape index (κ1) is 18.4. The lowest BCUT2D eigenvalue weighted by Gasteiger charge is -2.30. The second-order valence-corrected chi connectivity index (χ2v) is 8.21. The van der Waals surface area contributed by atoms with E-state index in [9.17, 15) is 18.0 Å². The van der Waals surface area contributed by atoms with E-state index in [1.54, 1.807) is 38.4 Å². The predicted molar refractivity (Wildman–Crippen MR) is 92.2 cm³/mol. The Kier molecular flexibility index (Phi) is 5.61. The van der Waals surface area contributed by atoms with E-state index in [-0.39, 0.29) is 24.3 Å². The van der Waals surface area contributed by atoms with Crippen LogP contribution in [0.4, 0.5) is 5.69 Å². The van der Waals surface area contributed by atoms with E-state index >= 15 is 0 Å². The summed E-state index contributed by atoms with van der Waals surface area (Å²) in [5.74, 6) is -0.758. The Hall–Kier alpha value is -1.93. The van der Waals surface area contributed by atoms with Gasteiger partial charge in [0.2, 0.25) is 15.9 Å². The van der Waals surface area contributed by atoms with Crippen molar-refractivity contribution < 1.29 is 18.0 Å². The Bertz CT molecular complexity index is 731. The van der Waals surface area contributed by atoms with Gasteiger partial charge in [-0.1, -0.05) is 6.07 Å². The van der Waals surface area contributed by atoms with Gasteiger partial charge < -0.3 is 10.2 Å². The number of hydrogen-bond donors (Lipinski definition) is 1. The molecular weight excluding hydrogens is 330 g/mol. The summed E-state index contributed by atoms with van der Waals surface area (Å²) in [5.41, 5.74) is 1.02. The monoisotopic (exact) mass is 353 g/mol. The van der Waals surface area contributed by atoms with Crippen molar-refractivity contribution in [2.24, 2.45) is 5.92 Å². The van der Waals surface area contributed by atoms with Crippen molar-refractivity contribution in [3.8, 4) is 0 Å². The maximum Gasteiger partial charge on any atom is 0.253 e. The average Bonchev–Trinajstić information content (AvgIpc) is 2.53. The van der Waals surface area contributed by atoms with Gasteiger partial charge in [-0.15, -0.1) is 0 Å². The van der Waals surface area contributed by atoms with Crippen LogP contribution in [0.25, 0.3) is 0 Å². The van der Waals surface area contributed by atoms with Crippen LogP contribution in [0, 0.1) is 5.92 Å². The lowest BCUT2D eigenvalue weighted by Crippen LogP contribution is -2.43. The van der Waals surface area contributed by atoms with Crippen LogP contribution in [0.1, 0.15) is 23.2 Å². The minimum Gasteiger partial charge on any atom is -0.345 e. The molecule has 24 heavy (non-hydrogen) atoms. The molecule has 1 fully saturated rings. The smallest absolute Gasteiger partial charge is 0.253 e. The molecule has 1 saturated heterocycles. The number of piperidine rings is 1. The van der Waals surface area contributed by atoms with Crippen LogP contribution in [-0.2, 0) is 14.8 Å². The quantitative estimate of drug-likeness (QED) is 0.875. The highest BCUT2D eigenvalue weighted by Gasteiger charge is 2.30. The molecule has 132 valence electrons. The van der Waals surface area contributed by atoms with Crippen LogP contribution < -0.4 is 5.32 Å². The molecule has 0 aliphatic carbocycles. The van der Waals surface area contributed by atoms with Gasteiger partial charge in [-0.3, -0.25) is 9.59 Å². The fraction of sp³-hybridized carbons (Fsp3) is 0.500. The third kappa shape index (κ3) is 4.55. The molecular formula is C16H23N3O4S. The molecule has 8 heteroatoms. The van der Waals surface area contributed by atoms with Gasteiger partial charge in [-0.25, -0.2) is 12.7 Å². The van der Waals surface area contributed by atoms with Crippen LogP contribution in [0.15, 0.2) is 24.3 Å². The summed E-state index contributed by atoms with van der Waals surface area (Å²) in [6.07, 6.45) is 2.46. The summed E-state index contributed by atoms with van der Waals surface area (Å²) in [5, 5.41) is 2.79. The summed E-state index contributed by atoms with van der Waals surface area (Å²) in [7, 11) is 0.0347. The average molecular weight is 353 g/mol. The Morgan fingerprint density at radius 1 is 1.29 bits per heavy atom. The fourth-order valence-corrected chi connectivity index (χ4v) is 3.60. The molecule has 2 amide bonds. The van der Waals surface area contributed by atoms with Crippen LogP contribution in [0.5, 0.6) is 0 Å². The fourth-order valence-electron chi connectivity index (χ4n) is 2.69. The highest BCUT2D eigenvalue weighted by atomic mass is 32.2. The van der Waals surface area contributed by atoms with E-state index in [1.807, 2.05) is 0 Å². The highest BCUT2D eigenvalue weighted by molar-refractivity contribution is 7.88. The lowest BCUT2D eigenvalue weighted by atomic mass is 9.98. The highest BCUT2D eigenvalue weighted by Crippen LogP contribution is 2.21. The number of amides is 2. The van der Waals surface area contributed by atoms with Crippen LogP contribution >= 0.6 is 0 Å². The first-order chi connectivity index (χ1) is 11.2. The Balaban J connectivity index is 2.07. The molecule has 1 unspecified atom stereocenters. The summed E-state index contributed by atoms with van der Waals surface area (Å²) in [6, 6.07) is 6.72.